The van der Waals surface area contributed by atoms with E-state index in [-0.39, 0.29) is 11.2 Å². The molecular weight excluding hydrogens is 374 g/mol. The molecule has 0 aliphatic rings. The van der Waals surface area contributed by atoms with Crippen LogP contribution in [0.2, 0.25) is 0 Å². The summed E-state index contributed by atoms with van der Waals surface area (Å²) in [4.78, 5) is 29.8. The third-order valence-electron chi connectivity index (χ3n) is 4.70. The quantitative estimate of drug-likeness (QED) is 0.373. The van der Waals surface area contributed by atoms with Gasteiger partial charge in [0.25, 0.3) is 11.2 Å². The number of non-ortho nitro benzene ring substituents is 1. The van der Waals surface area contributed by atoms with Crippen LogP contribution in [0.1, 0.15) is 16.0 Å². The topological polar surface area (TPSA) is 78.0 Å². The normalized spacial score (nSPS) is 11.1. The highest BCUT2D eigenvalue weighted by Gasteiger charge is 2.17. The van der Waals surface area contributed by atoms with Gasteiger partial charge in [0.1, 0.15) is 4.83 Å². The van der Waals surface area contributed by atoms with Crippen LogP contribution in [0.3, 0.4) is 0 Å². The van der Waals surface area contributed by atoms with E-state index in [0.717, 1.165) is 32.0 Å². The van der Waals surface area contributed by atoms with Crippen molar-refractivity contribution in [2.24, 2.45) is 0 Å². The van der Waals surface area contributed by atoms with E-state index in [2.05, 4.69) is 4.98 Å². The van der Waals surface area contributed by atoms with Gasteiger partial charge in [0.15, 0.2) is 0 Å². The fourth-order valence-corrected chi connectivity index (χ4v) is 4.24. The van der Waals surface area contributed by atoms with Crippen molar-refractivity contribution in [3.05, 3.63) is 91.3 Å². The highest BCUT2D eigenvalue weighted by Crippen LogP contribution is 2.35. The summed E-state index contributed by atoms with van der Waals surface area (Å²) in [6.07, 6.45) is 1.54. The second-order valence-corrected chi connectivity index (χ2v) is 7.88. The first-order valence-electron chi connectivity index (χ1n) is 8.73. The van der Waals surface area contributed by atoms with E-state index >= 15 is 0 Å². The summed E-state index contributed by atoms with van der Waals surface area (Å²) in [7, 11) is 0. The summed E-state index contributed by atoms with van der Waals surface area (Å²) in [5.41, 5.74) is 3.81. The Labute approximate surface area is 164 Å². The molecule has 4 rings (SSSR count). The zero-order chi connectivity index (χ0) is 19.8. The number of fused-ring (bicyclic) bond motifs is 1. The molecule has 0 saturated heterocycles. The largest absolute Gasteiger partial charge is 0.294 e. The first-order valence-corrected chi connectivity index (χ1v) is 9.54. The maximum absolute atomic E-state index is 13.2. The fourth-order valence-electron chi connectivity index (χ4n) is 3.24. The zero-order valence-electron chi connectivity index (χ0n) is 15.4. The number of aryl methyl sites for hydroxylation is 2. The molecule has 0 radical (unpaired) electrons. The second kappa shape index (κ2) is 7.01. The lowest BCUT2D eigenvalue weighted by molar-refractivity contribution is -0.384. The Morgan fingerprint density at radius 2 is 1.75 bits per heavy atom. The molecule has 2 aromatic carbocycles. The molecule has 0 bridgehead atoms. The van der Waals surface area contributed by atoms with E-state index in [9.17, 15) is 14.9 Å². The molecular formula is C21H17N3O3S. The number of nitro benzene ring substituents is 1. The Hall–Kier alpha value is -3.32. The molecule has 0 atom stereocenters. The molecule has 6 nitrogen and oxygen atoms in total. The molecule has 2 heterocycles. The van der Waals surface area contributed by atoms with Crippen LogP contribution in [0.4, 0.5) is 5.69 Å². The van der Waals surface area contributed by atoms with Crippen LogP contribution in [0.25, 0.3) is 21.3 Å². The highest BCUT2D eigenvalue weighted by molar-refractivity contribution is 7.19. The zero-order valence-corrected chi connectivity index (χ0v) is 16.2. The Morgan fingerprint density at radius 3 is 2.39 bits per heavy atom. The number of hydrogen-bond acceptors (Lipinski definition) is 5. The average molecular weight is 391 g/mol. The Balaban J connectivity index is 1.80. The van der Waals surface area contributed by atoms with Crippen molar-refractivity contribution in [1.29, 1.82) is 0 Å². The van der Waals surface area contributed by atoms with E-state index < -0.39 is 4.92 Å². The monoisotopic (exact) mass is 391 g/mol. The van der Waals surface area contributed by atoms with Crippen molar-refractivity contribution >= 4 is 27.2 Å². The third kappa shape index (κ3) is 3.20. The van der Waals surface area contributed by atoms with Crippen molar-refractivity contribution in [2.75, 3.05) is 0 Å². The van der Waals surface area contributed by atoms with E-state index in [1.54, 1.807) is 23.0 Å². The molecule has 0 N–H and O–H groups in total. The van der Waals surface area contributed by atoms with Gasteiger partial charge in [-0.05, 0) is 25.0 Å². The lowest BCUT2D eigenvalue weighted by Crippen LogP contribution is -2.21. The first-order chi connectivity index (χ1) is 13.4. The van der Waals surface area contributed by atoms with Crippen LogP contribution in [-0.2, 0) is 6.54 Å². The van der Waals surface area contributed by atoms with Gasteiger partial charge in [0.05, 0.1) is 23.2 Å². The van der Waals surface area contributed by atoms with E-state index in [0.29, 0.717) is 11.9 Å². The minimum absolute atomic E-state index is 0.0276. The van der Waals surface area contributed by atoms with Gasteiger partial charge in [-0.1, -0.05) is 42.0 Å². The van der Waals surface area contributed by atoms with E-state index in [4.69, 9.17) is 0 Å². The predicted octanol–water partition coefficient (Wildman–Crippen LogP) is 4.70. The smallest absolute Gasteiger partial charge is 0.269 e. The first kappa shape index (κ1) is 18.1. The number of nitrogens with zero attached hydrogens (tertiary/aromatic N) is 3. The maximum atomic E-state index is 13.2. The molecule has 7 heteroatoms. The summed E-state index contributed by atoms with van der Waals surface area (Å²) in [6, 6.07) is 14.3. The molecule has 140 valence electrons. The van der Waals surface area contributed by atoms with Gasteiger partial charge >= 0.3 is 0 Å². The Kier molecular flexibility index (Phi) is 4.52. The number of aromatic nitrogens is 2. The molecule has 2 aromatic heterocycles. The molecule has 0 aliphatic heterocycles. The van der Waals surface area contributed by atoms with Gasteiger partial charge in [0, 0.05) is 22.6 Å². The van der Waals surface area contributed by atoms with Crippen LogP contribution in [0.5, 0.6) is 0 Å². The van der Waals surface area contributed by atoms with Gasteiger partial charge in [-0.25, -0.2) is 4.98 Å². The SMILES string of the molecule is Cc1ccc(-c2c(C)sc3ncn(Cc4ccc([N+](=O)[O-])cc4)c(=O)c23)cc1. The van der Waals surface area contributed by atoms with Crippen LogP contribution in [0.15, 0.2) is 59.7 Å². The Morgan fingerprint density at radius 1 is 1.07 bits per heavy atom. The van der Waals surface area contributed by atoms with E-state index in [1.807, 2.05) is 38.1 Å². The van der Waals surface area contributed by atoms with Gasteiger partial charge in [-0.15, -0.1) is 11.3 Å². The summed E-state index contributed by atoms with van der Waals surface area (Å²) in [5, 5.41) is 11.4. The lowest BCUT2D eigenvalue weighted by Gasteiger charge is -2.07. The minimum Gasteiger partial charge on any atom is -0.294 e. The average Bonchev–Trinajstić information content (AvgIpc) is 3.02. The Bertz CT molecular complexity index is 1240. The van der Waals surface area contributed by atoms with Crippen molar-refractivity contribution in [1.82, 2.24) is 9.55 Å². The van der Waals surface area contributed by atoms with Gasteiger partial charge in [-0.2, -0.15) is 0 Å². The molecule has 0 spiro atoms. The number of thiophene rings is 1. The molecule has 28 heavy (non-hydrogen) atoms. The van der Waals surface area contributed by atoms with Crippen LogP contribution >= 0.6 is 11.3 Å². The second-order valence-electron chi connectivity index (χ2n) is 6.68. The van der Waals surface area contributed by atoms with Gasteiger partial charge in [-0.3, -0.25) is 19.5 Å². The van der Waals surface area contributed by atoms with Gasteiger partial charge < -0.3 is 0 Å². The van der Waals surface area contributed by atoms with Crippen molar-refractivity contribution in [3.8, 4) is 11.1 Å². The van der Waals surface area contributed by atoms with E-state index in [1.165, 1.54) is 23.5 Å². The molecule has 0 aliphatic carbocycles. The van der Waals surface area contributed by atoms with Crippen molar-refractivity contribution in [3.63, 3.8) is 0 Å². The third-order valence-corrected chi connectivity index (χ3v) is 5.71. The maximum Gasteiger partial charge on any atom is 0.269 e. The standard InChI is InChI=1S/C21H17N3O3S/c1-13-3-7-16(8-4-13)18-14(2)28-20-19(18)21(25)23(12-22-20)11-15-5-9-17(10-6-15)24(26)27/h3-10,12H,11H2,1-2H3. The minimum atomic E-state index is -0.439. The lowest BCUT2D eigenvalue weighted by atomic mass is 10.0. The molecule has 0 fully saturated rings. The summed E-state index contributed by atoms with van der Waals surface area (Å²) in [5.74, 6) is 0. The summed E-state index contributed by atoms with van der Waals surface area (Å²) < 4.78 is 1.55. The highest BCUT2D eigenvalue weighted by atomic mass is 32.1. The van der Waals surface area contributed by atoms with Crippen molar-refractivity contribution < 1.29 is 4.92 Å². The number of benzene rings is 2. The summed E-state index contributed by atoms with van der Waals surface area (Å²) in [6.45, 7) is 4.34. The molecule has 0 saturated carbocycles. The van der Waals surface area contributed by atoms with Crippen molar-refractivity contribution in [2.45, 2.75) is 20.4 Å². The predicted molar refractivity (Wildman–Crippen MR) is 111 cm³/mol. The van der Waals surface area contributed by atoms with Crippen LogP contribution in [-0.4, -0.2) is 14.5 Å². The number of hydrogen-bond donors (Lipinski definition) is 0. The molecule has 0 amide bonds. The van der Waals surface area contributed by atoms with Gasteiger partial charge in [0.2, 0.25) is 0 Å². The molecule has 0 unspecified atom stereocenters. The molecule has 4 aromatic rings. The van der Waals surface area contributed by atoms with Crippen LogP contribution < -0.4 is 5.56 Å². The number of nitro groups is 1. The summed E-state index contributed by atoms with van der Waals surface area (Å²) >= 11 is 1.51. The number of rotatable bonds is 4. The van der Waals surface area contributed by atoms with Crippen LogP contribution in [0, 0.1) is 24.0 Å². The fraction of sp³-hybridized carbons (Fsp3) is 0.143.